The van der Waals surface area contributed by atoms with Crippen LogP contribution in [-0.4, -0.2) is 10.9 Å². The summed E-state index contributed by atoms with van der Waals surface area (Å²) < 4.78 is 0. The first kappa shape index (κ1) is 14.5. The number of nitrogens with two attached hydrogens (primary N) is 1. The summed E-state index contributed by atoms with van der Waals surface area (Å²) in [7, 11) is 0. The molecular formula is C15H19N3OS. The molecule has 2 rings (SSSR count). The van der Waals surface area contributed by atoms with Crippen molar-refractivity contribution in [2.45, 2.75) is 33.7 Å². The number of thiazole rings is 1. The van der Waals surface area contributed by atoms with Crippen LogP contribution in [0, 0.1) is 13.8 Å². The number of benzene rings is 1. The standard InChI is InChI=1S/C15H19N3OS/c1-4-11-7-17-14(20-11)8-18-15(19)12-6-13(16)10(3)5-9(12)2/h5-7H,4,8,16H2,1-3H3,(H,18,19). The number of hydrogen-bond acceptors (Lipinski definition) is 4. The first-order chi connectivity index (χ1) is 9.51. The van der Waals surface area contributed by atoms with E-state index in [1.807, 2.05) is 26.1 Å². The molecule has 3 N–H and O–H groups in total. The molecule has 1 aromatic heterocycles. The zero-order valence-electron chi connectivity index (χ0n) is 12.0. The molecule has 2 aromatic rings. The number of nitrogens with zero attached hydrogens (tertiary/aromatic N) is 1. The third-order valence-electron chi connectivity index (χ3n) is 3.21. The van der Waals surface area contributed by atoms with Crippen molar-refractivity contribution in [1.29, 1.82) is 0 Å². The molecule has 106 valence electrons. The molecule has 0 aliphatic rings. The third-order valence-corrected chi connectivity index (χ3v) is 4.35. The molecule has 0 radical (unpaired) electrons. The maximum Gasteiger partial charge on any atom is 0.251 e. The first-order valence-corrected chi connectivity index (χ1v) is 7.41. The molecule has 0 bridgehead atoms. The average molecular weight is 289 g/mol. The van der Waals surface area contributed by atoms with E-state index in [9.17, 15) is 4.79 Å². The highest BCUT2D eigenvalue weighted by Crippen LogP contribution is 2.18. The molecule has 0 spiro atoms. The second-order valence-electron chi connectivity index (χ2n) is 4.78. The fourth-order valence-electron chi connectivity index (χ4n) is 1.96. The lowest BCUT2D eigenvalue weighted by Crippen LogP contribution is -2.23. The molecule has 0 aliphatic carbocycles. The SMILES string of the molecule is CCc1cnc(CNC(=O)c2cc(N)c(C)cc2C)s1. The zero-order valence-corrected chi connectivity index (χ0v) is 12.8. The van der Waals surface area contributed by atoms with Crippen LogP contribution in [0.4, 0.5) is 5.69 Å². The van der Waals surface area contributed by atoms with Crippen molar-refractivity contribution in [1.82, 2.24) is 10.3 Å². The minimum Gasteiger partial charge on any atom is -0.398 e. The van der Waals surface area contributed by atoms with Crippen molar-refractivity contribution in [2.75, 3.05) is 5.73 Å². The van der Waals surface area contributed by atoms with Gasteiger partial charge in [0.15, 0.2) is 0 Å². The maximum atomic E-state index is 12.2. The first-order valence-electron chi connectivity index (χ1n) is 6.59. The predicted molar refractivity (Wildman–Crippen MR) is 83.0 cm³/mol. The van der Waals surface area contributed by atoms with Crippen molar-refractivity contribution in [3.05, 3.63) is 44.9 Å². The Balaban J connectivity index is 2.07. The molecule has 0 saturated heterocycles. The van der Waals surface area contributed by atoms with E-state index in [4.69, 9.17) is 5.73 Å². The molecule has 0 fully saturated rings. The highest BCUT2D eigenvalue weighted by molar-refractivity contribution is 7.11. The summed E-state index contributed by atoms with van der Waals surface area (Å²) in [6, 6.07) is 3.67. The van der Waals surface area contributed by atoms with E-state index in [0.717, 1.165) is 22.6 Å². The summed E-state index contributed by atoms with van der Waals surface area (Å²) in [6.07, 6.45) is 2.83. The van der Waals surface area contributed by atoms with Gasteiger partial charge in [-0.3, -0.25) is 4.79 Å². The van der Waals surface area contributed by atoms with Gasteiger partial charge < -0.3 is 11.1 Å². The zero-order chi connectivity index (χ0) is 14.7. The van der Waals surface area contributed by atoms with Crippen molar-refractivity contribution in [3.8, 4) is 0 Å². The number of carbonyl (C=O) groups excluding carboxylic acids is 1. The molecule has 4 nitrogen and oxygen atoms in total. The van der Waals surface area contributed by atoms with Crippen LogP contribution in [0.15, 0.2) is 18.3 Å². The number of nitrogens with one attached hydrogen (secondary N) is 1. The van der Waals surface area contributed by atoms with Crippen LogP contribution < -0.4 is 11.1 Å². The van der Waals surface area contributed by atoms with Gasteiger partial charge in [-0.15, -0.1) is 11.3 Å². The van der Waals surface area contributed by atoms with Gasteiger partial charge in [0.2, 0.25) is 0 Å². The Labute approximate surface area is 123 Å². The van der Waals surface area contributed by atoms with Gasteiger partial charge in [0.25, 0.3) is 5.91 Å². The van der Waals surface area contributed by atoms with E-state index in [2.05, 4.69) is 17.2 Å². The number of hydrogen-bond donors (Lipinski definition) is 2. The van der Waals surface area contributed by atoms with Gasteiger partial charge in [-0.2, -0.15) is 0 Å². The van der Waals surface area contributed by atoms with Gasteiger partial charge in [0.1, 0.15) is 5.01 Å². The number of rotatable bonds is 4. The van der Waals surface area contributed by atoms with Gasteiger partial charge in [0.05, 0.1) is 6.54 Å². The highest BCUT2D eigenvalue weighted by Gasteiger charge is 2.11. The normalized spacial score (nSPS) is 10.6. The van der Waals surface area contributed by atoms with E-state index in [1.165, 1.54) is 4.88 Å². The lowest BCUT2D eigenvalue weighted by atomic mass is 10.0. The Morgan fingerprint density at radius 2 is 2.10 bits per heavy atom. The maximum absolute atomic E-state index is 12.2. The number of aromatic nitrogens is 1. The van der Waals surface area contributed by atoms with Crippen LogP contribution in [0.25, 0.3) is 0 Å². The van der Waals surface area contributed by atoms with E-state index >= 15 is 0 Å². The number of nitrogen functional groups attached to an aromatic ring is 1. The van der Waals surface area contributed by atoms with E-state index < -0.39 is 0 Å². The van der Waals surface area contributed by atoms with Gasteiger partial charge >= 0.3 is 0 Å². The largest absolute Gasteiger partial charge is 0.398 e. The molecule has 20 heavy (non-hydrogen) atoms. The minimum atomic E-state index is -0.109. The summed E-state index contributed by atoms with van der Waals surface area (Å²) in [5, 5.41) is 3.82. The van der Waals surface area contributed by atoms with Gasteiger partial charge in [0, 0.05) is 22.3 Å². The Hall–Kier alpha value is -1.88. The summed E-state index contributed by atoms with van der Waals surface area (Å²) >= 11 is 1.63. The smallest absolute Gasteiger partial charge is 0.251 e. The Morgan fingerprint density at radius 1 is 1.35 bits per heavy atom. The van der Waals surface area contributed by atoms with Crippen LogP contribution in [0.2, 0.25) is 0 Å². The quantitative estimate of drug-likeness (QED) is 0.850. The number of carbonyl (C=O) groups is 1. The molecule has 0 unspecified atom stereocenters. The molecule has 1 heterocycles. The van der Waals surface area contributed by atoms with Crippen LogP contribution in [-0.2, 0) is 13.0 Å². The molecule has 1 amide bonds. The lowest BCUT2D eigenvalue weighted by Gasteiger charge is -2.09. The Kier molecular flexibility index (Phi) is 4.39. The molecule has 1 aromatic carbocycles. The van der Waals surface area contributed by atoms with Crippen LogP contribution in [0.5, 0.6) is 0 Å². The Bertz CT molecular complexity index is 634. The van der Waals surface area contributed by atoms with Crippen molar-refractivity contribution in [3.63, 3.8) is 0 Å². The minimum absolute atomic E-state index is 0.109. The Morgan fingerprint density at radius 3 is 2.75 bits per heavy atom. The second kappa shape index (κ2) is 6.05. The molecular weight excluding hydrogens is 270 g/mol. The molecule has 0 aliphatic heterocycles. The van der Waals surface area contributed by atoms with Gasteiger partial charge in [-0.25, -0.2) is 4.98 Å². The summed E-state index contributed by atoms with van der Waals surface area (Å²) in [6.45, 7) is 6.40. The van der Waals surface area contributed by atoms with Crippen molar-refractivity contribution < 1.29 is 4.79 Å². The summed E-state index contributed by atoms with van der Waals surface area (Å²) in [5.74, 6) is -0.109. The second-order valence-corrected chi connectivity index (χ2v) is 5.98. The topological polar surface area (TPSA) is 68.0 Å². The number of anilines is 1. The fourth-order valence-corrected chi connectivity index (χ4v) is 2.76. The highest BCUT2D eigenvalue weighted by atomic mass is 32.1. The monoisotopic (exact) mass is 289 g/mol. The van der Waals surface area contributed by atoms with E-state index in [1.54, 1.807) is 17.4 Å². The summed E-state index contributed by atoms with van der Waals surface area (Å²) in [5.41, 5.74) is 9.06. The van der Waals surface area contributed by atoms with E-state index in [-0.39, 0.29) is 5.91 Å². The van der Waals surface area contributed by atoms with Gasteiger partial charge in [-0.1, -0.05) is 13.0 Å². The van der Waals surface area contributed by atoms with Crippen LogP contribution in [0.3, 0.4) is 0 Å². The number of aryl methyl sites for hydroxylation is 3. The molecule has 0 saturated carbocycles. The number of amides is 1. The fraction of sp³-hybridized carbons (Fsp3) is 0.333. The summed E-state index contributed by atoms with van der Waals surface area (Å²) in [4.78, 5) is 17.7. The molecule has 0 atom stereocenters. The van der Waals surface area contributed by atoms with Crippen LogP contribution in [0.1, 0.15) is 38.3 Å². The lowest BCUT2D eigenvalue weighted by molar-refractivity contribution is 0.0950. The van der Waals surface area contributed by atoms with Gasteiger partial charge in [-0.05, 0) is 37.5 Å². The van der Waals surface area contributed by atoms with Crippen molar-refractivity contribution in [2.24, 2.45) is 0 Å². The average Bonchev–Trinajstić information content (AvgIpc) is 2.88. The van der Waals surface area contributed by atoms with Crippen LogP contribution >= 0.6 is 11.3 Å². The third kappa shape index (κ3) is 3.17. The van der Waals surface area contributed by atoms with E-state index in [0.29, 0.717) is 17.8 Å². The predicted octanol–water partition coefficient (Wildman–Crippen LogP) is 2.83. The molecule has 5 heteroatoms. The van der Waals surface area contributed by atoms with Crippen molar-refractivity contribution >= 4 is 22.9 Å².